The van der Waals surface area contributed by atoms with Crippen molar-refractivity contribution in [1.82, 2.24) is 15.5 Å². The van der Waals surface area contributed by atoms with Crippen LogP contribution in [0, 0.1) is 0 Å². The van der Waals surface area contributed by atoms with Gasteiger partial charge in [-0.3, -0.25) is 14.5 Å². The van der Waals surface area contributed by atoms with Gasteiger partial charge in [-0.1, -0.05) is 0 Å². The van der Waals surface area contributed by atoms with Gasteiger partial charge in [0.05, 0.1) is 6.54 Å². The molecule has 0 aromatic rings. The molecule has 1 atom stereocenters. The Labute approximate surface area is 92.8 Å². The minimum Gasteiger partial charge on any atom is -0.396 e. The summed E-state index contributed by atoms with van der Waals surface area (Å²) in [6.07, 6.45) is 0.436. The van der Waals surface area contributed by atoms with E-state index in [1.165, 1.54) is 0 Å². The molecular formula is C9H15N3O4. The molecule has 0 radical (unpaired) electrons. The minimum atomic E-state index is -0.546. The average Bonchev–Trinajstić information content (AvgIpc) is 2.49. The summed E-state index contributed by atoms with van der Waals surface area (Å²) in [5.41, 5.74) is 0. The molecule has 1 saturated heterocycles. The van der Waals surface area contributed by atoms with Crippen LogP contribution in [0.3, 0.4) is 0 Å². The zero-order chi connectivity index (χ0) is 12.1. The van der Waals surface area contributed by atoms with Crippen molar-refractivity contribution in [1.29, 1.82) is 0 Å². The number of imide groups is 1. The summed E-state index contributed by atoms with van der Waals surface area (Å²) in [5.74, 6) is -0.818. The Bertz CT molecular complexity index is 289. The number of aliphatic hydroxyl groups excluding tert-OH is 1. The van der Waals surface area contributed by atoms with Gasteiger partial charge >= 0.3 is 6.03 Å². The van der Waals surface area contributed by atoms with Crippen LogP contribution >= 0.6 is 0 Å². The molecule has 0 aromatic carbocycles. The number of rotatable bonds is 5. The van der Waals surface area contributed by atoms with Gasteiger partial charge in [0.25, 0.3) is 5.91 Å². The van der Waals surface area contributed by atoms with Crippen LogP contribution < -0.4 is 10.6 Å². The summed E-state index contributed by atoms with van der Waals surface area (Å²) < 4.78 is 0. The first-order valence-electron chi connectivity index (χ1n) is 5.03. The summed E-state index contributed by atoms with van der Waals surface area (Å²) in [6, 6.07) is -0.728. The van der Waals surface area contributed by atoms with E-state index >= 15 is 0 Å². The molecule has 4 amide bonds. The molecule has 3 N–H and O–H groups in total. The number of aliphatic hydroxyl groups is 1. The summed E-state index contributed by atoms with van der Waals surface area (Å²) in [6.45, 7) is 1.38. The van der Waals surface area contributed by atoms with Crippen LogP contribution in [0.15, 0.2) is 0 Å². The third-order valence-corrected chi connectivity index (χ3v) is 2.21. The molecular weight excluding hydrogens is 214 g/mol. The predicted molar refractivity (Wildman–Crippen MR) is 54.4 cm³/mol. The van der Waals surface area contributed by atoms with Crippen LogP contribution in [0.5, 0.6) is 0 Å². The Morgan fingerprint density at radius 1 is 1.62 bits per heavy atom. The zero-order valence-electron chi connectivity index (χ0n) is 9.02. The molecule has 7 nitrogen and oxygen atoms in total. The van der Waals surface area contributed by atoms with E-state index in [-0.39, 0.29) is 25.7 Å². The van der Waals surface area contributed by atoms with Gasteiger partial charge in [0.1, 0.15) is 6.54 Å². The molecule has 1 unspecified atom stereocenters. The third-order valence-electron chi connectivity index (χ3n) is 2.21. The van der Waals surface area contributed by atoms with Gasteiger partial charge < -0.3 is 15.7 Å². The van der Waals surface area contributed by atoms with Crippen molar-refractivity contribution in [2.24, 2.45) is 0 Å². The van der Waals surface area contributed by atoms with Gasteiger partial charge in [0, 0.05) is 12.6 Å². The van der Waals surface area contributed by atoms with Gasteiger partial charge in [0.15, 0.2) is 0 Å². The number of urea groups is 1. The molecule has 1 aliphatic heterocycles. The molecule has 90 valence electrons. The fourth-order valence-corrected chi connectivity index (χ4v) is 1.35. The summed E-state index contributed by atoms with van der Waals surface area (Å²) in [4.78, 5) is 34.5. The van der Waals surface area contributed by atoms with Crippen molar-refractivity contribution >= 4 is 17.8 Å². The number of hydrogen-bond acceptors (Lipinski definition) is 4. The molecule has 0 aliphatic carbocycles. The highest BCUT2D eigenvalue weighted by molar-refractivity contribution is 6.04. The topological polar surface area (TPSA) is 98.7 Å². The Balaban J connectivity index is 2.39. The van der Waals surface area contributed by atoms with Crippen LogP contribution in [0.4, 0.5) is 4.79 Å². The van der Waals surface area contributed by atoms with E-state index in [9.17, 15) is 14.4 Å². The summed E-state index contributed by atoms with van der Waals surface area (Å²) in [7, 11) is 0. The van der Waals surface area contributed by atoms with Gasteiger partial charge in [0.2, 0.25) is 5.91 Å². The predicted octanol–water partition coefficient (Wildman–Crippen LogP) is -1.57. The Morgan fingerprint density at radius 3 is 2.81 bits per heavy atom. The van der Waals surface area contributed by atoms with Crippen LogP contribution in [-0.4, -0.2) is 53.6 Å². The lowest BCUT2D eigenvalue weighted by Crippen LogP contribution is -2.43. The van der Waals surface area contributed by atoms with Gasteiger partial charge in [-0.15, -0.1) is 0 Å². The van der Waals surface area contributed by atoms with E-state index in [4.69, 9.17) is 5.11 Å². The van der Waals surface area contributed by atoms with E-state index in [1.807, 2.05) is 0 Å². The quantitative estimate of drug-likeness (QED) is 0.496. The van der Waals surface area contributed by atoms with Gasteiger partial charge in [-0.25, -0.2) is 4.79 Å². The van der Waals surface area contributed by atoms with Gasteiger partial charge in [-0.05, 0) is 13.3 Å². The molecule has 0 bridgehead atoms. The summed E-state index contributed by atoms with van der Waals surface area (Å²) in [5, 5.41) is 13.5. The van der Waals surface area contributed by atoms with E-state index in [0.717, 1.165) is 4.90 Å². The fourth-order valence-electron chi connectivity index (χ4n) is 1.35. The molecule has 1 rings (SSSR count). The third kappa shape index (κ3) is 3.20. The second kappa shape index (κ2) is 5.45. The first kappa shape index (κ1) is 12.4. The zero-order valence-corrected chi connectivity index (χ0v) is 9.02. The Hall–Kier alpha value is -1.63. The highest BCUT2D eigenvalue weighted by atomic mass is 16.3. The second-order valence-electron chi connectivity index (χ2n) is 3.62. The molecule has 0 spiro atoms. The highest BCUT2D eigenvalue weighted by Gasteiger charge is 2.30. The second-order valence-corrected chi connectivity index (χ2v) is 3.62. The number of amides is 4. The molecule has 16 heavy (non-hydrogen) atoms. The van der Waals surface area contributed by atoms with E-state index in [2.05, 4.69) is 10.6 Å². The lowest BCUT2D eigenvalue weighted by molar-refractivity contribution is -0.130. The maximum absolute atomic E-state index is 11.4. The van der Waals surface area contributed by atoms with Crippen molar-refractivity contribution in [2.75, 3.05) is 19.7 Å². The molecule has 1 aliphatic rings. The van der Waals surface area contributed by atoms with E-state index in [1.54, 1.807) is 6.92 Å². The van der Waals surface area contributed by atoms with Crippen molar-refractivity contribution < 1.29 is 19.5 Å². The Kier molecular flexibility index (Phi) is 4.24. The van der Waals surface area contributed by atoms with Crippen LogP contribution in [0.2, 0.25) is 0 Å². The lowest BCUT2D eigenvalue weighted by atomic mass is 10.2. The molecule has 1 fully saturated rings. The normalized spacial score (nSPS) is 17.2. The summed E-state index contributed by atoms with van der Waals surface area (Å²) >= 11 is 0. The lowest BCUT2D eigenvalue weighted by Gasteiger charge is -2.15. The molecule has 7 heteroatoms. The average molecular weight is 229 g/mol. The van der Waals surface area contributed by atoms with Crippen LogP contribution in [-0.2, 0) is 9.59 Å². The molecule has 0 saturated carbocycles. The largest absolute Gasteiger partial charge is 0.396 e. The maximum Gasteiger partial charge on any atom is 0.325 e. The minimum absolute atomic E-state index is 0.0232. The van der Waals surface area contributed by atoms with E-state index in [0.29, 0.717) is 6.42 Å². The first-order chi connectivity index (χ1) is 7.54. The SMILES string of the molecule is CC(CCO)NC(=O)CN1C(=O)CNC1=O. The first-order valence-corrected chi connectivity index (χ1v) is 5.03. The number of nitrogens with zero attached hydrogens (tertiary/aromatic N) is 1. The molecule has 0 aromatic heterocycles. The van der Waals surface area contributed by atoms with Crippen molar-refractivity contribution in [3.05, 3.63) is 0 Å². The van der Waals surface area contributed by atoms with E-state index < -0.39 is 17.8 Å². The number of nitrogens with one attached hydrogen (secondary N) is 2. The monoisotopic (exact) mass is 229 g/mol. The Morgan fingerprint density at radius 2 is 2.31 bits per heavy atom. The smallest absolute Gasteiger partial charge is 0.325 e. The van der Waals surface area contributed by atoms with Crippen LogP contribution in [0.1, 0.15) is 13.3 Å². The standard InChI is InChI=1S/C9H15N3O4/c1-6(2-3-13)11-7(14)5-12-8(15)4-10-9(12)16/h6,13H,2-5H2,1H3,(H,10,16)(H,11,14). The molecule has 1 heterocycles. The number of carbonyl (C=O) groups is 3. The van der Waals surface area contributed by atoms with Crippen molar-refractivity contribution in [3.63, 3.8) is 0 Å². The highest BCUT2D eigenvalue weighted by Crippen LogP contribution is 1.98. The number of carbonyl (C=O) groups excluding carboxylic acids is 3. The maximum atomic E-state index is 11.4. The van der Waals surface area contributed by atoms with Crippen LogP contribution in [0.25, 0.3) is 0 Å². The fraction of sp³-hybridized carbons (Fsp3) is 0.667. The van der Waals surface area contributed by atoms with Crippen molar-refractivity contribution in [3.8, 4) is 0 Å². The van der Waals surface area contributed by atoms with Crippen molar-refractivity contribution in [2.45, 2.75) is 19.4 Å². The number of hydrogen-bond donors (Lipinski definition) is 3. The van der Waals surface area contributed by atoms with Gasteiger partial charge in [-0.2, -0.15) is 0 Å².